The maximum Gasteiger partial charge on any atom is 0.355 e. The first-order valence-electron chi connectivity index (χ1n) is 13.5. The number of aryl methyl sites for hydroxylation is 1. The Balaban J connectivity index is 1.71. The van der Waals surface area contributed by atoms with E-state index >= 15 is 8.78 Å². The lowest BCUT2D eigenvalue weighted by molar-refractivity contribution is -0.126. The number of aromatic hydroxyl groups is 1. The monoisotopic (exact) mass is 574 g/mol. The summed E-state index contributed by atoms with van der Waals surface area (Å²) in [7, 11) is 0. The zero-order chi connectivity index (χ0) is 29.9. The standard InChI is InChI=1S/C30H28F2N6O4/c1-5-21(40)36-11-12-37-17(13-36)14-42-27-23-28(37)35-30(41)38(26-16(4)33-10-9-18(26)15(2)3)29(23)34-25(24(27)32)22-19(31)7-6-8-20(22)39/h5-10,15,17,39H,1,11-14H2,2-4H3/t17-/m1/s1. The number of anilines is 1. The first-order chi connectivity index (χ1) is 20.1. The average Bonchev–Trinajstić information content (AvgIpc) is 3.12. The SMILES string of the molecule is C=CC(=O)N1CCN2c3nc(=O)n(-c4c(C(C)C)ccnc4C)c4nc(-c5c(O)cccc5F)c(F)c(c34)OC[C@H]2C1. The van der Waals surface area contributed by atoms with Gasteiger partial charge in [-0.1, -0.05) is 26.5 Å². The number of carbonyl (C=O) groups is 1. The smallest absolute Gasteiger partial charge is 0.355 e. The molecule has 6 rings (SSSR count). The highest BCUT2D eigenvalue weighted by Crippen LogP contribution is 2.44. The van der Waals surface area contributed by atoms with E-state index in [1.807, 2.05) is 18.7 Å². The number of amides is 1. The minimum atomic E-state index is -1.01. The van der Waals surface area contributed by atoms with Crippen LogP contribution in [-0.4, -0.2) is 67.7 Å². The van der Waals surface area contributed by atoms with Crippen LogP contribution in [0.3, 0.4) is 0 Å². The maximum atomic E-state index is 16.4. The number of hydrogen-bond donors (Lipinski definition) is 1. The summed E-state index contributed by atoms with van der Waals surface area (Å²) in [6, 6.07) is 4.91. The van der Waals surface area contributed by atoms with E-state index < -0.39 is 40.4 Å². The molecule has 216 valence electrons. The van der Waals surface area contributed by atoms with Crippen molar-refractivity contribution in [1.82, 2.24) is 24.4 Å². The van der Waals surface area contributed by atoms with Crippen LogP contribution in [0, 0.1) is 18.6 Å². The number of halogens is 2. The van der Waals surface area contributed by atoms with Crippen LogP contribution in [0.5, 0.6) is 11.5 Å². The largest absolute Gasteiger partial charge is 0.507 e. The van der Waals surface area contributed by atoms with Gasteiger partial charge in [0.25, 0.3) is 0 Å². The lowest BCUT2D eigenvalue weighted by atomic mass is 10.0. The molecule has 4 aromatic rings. The molecule has 1 N–H and O–H groups in total. The molecule has 3 aromatic heterocycles. The van der Waals surface area contributed by atoms with Crippen molar-refractivity contribution in [2.75, 3.05) is 31.1 Å². The van der Waals surface area contributed by atoms with Crippen molar-refractivity contribution in [2.24, 2.45) is 0 Å². The molecule has 0 radical (unpaired) electrons. The number of benzene rings is 1. The number of aromatic nitrogens is 4. The second-order valence-corrected chi connectivity index (χ2v) is 10.6. The molecule has 12 heteroatoms. The Labute approximate surface area is 239 Å². The Morgan fingerprint density at radius 2 is 2.00 bits per heavy atom. The van der Waals surface area contributed by atoms with Crippen LogP contribution in [0.1, 0.15) is 31.0 Å². The van der Waals surface area contributed by atoms with Gasteiger partial charge in [-0.05, 0) is 42.7 Å². The van der Waals surface area contributed by atoms with Gasteiger partial charge in [0.1, 0.15) is 35.1 Å². The molecule has 0 spiro atoms. The number of ether oxygens (including phenoxy) is 1. The van der Waals surface area contributed by atoms with Gasteiger partial charge >= 0.3 is 5.69 Å². The van der Waals surface area contributed by atoms with Crippen LogP contribution >= 0.6 is 0 Å². The van der Waals surface area contributed by atoms with E-state index in [0.717, 1.165) is 11.6 Å². The Kier molecular flexibility index (Phi) is 6.63. The number of fused-ring (bicyclic) bond motifs is 2. The molecular weight excluding hydrogens is 546 g/mol. The Morgan fingerprint density at radius 1 is 1.21 bits per heavy atom. The molecule has 5 heterocycles. The summed E-state index contributed by atoms with van der Waals surface area (Å²) >= 11 is 0. The van der Waals surface area contributed by atoms with E-state index in [9.17, 15) is 14.7 Å². The predicted molar refractivity (Wildman–Crippen MR) is 152 cm³/mol. The molecule has 1 amide bonds. The van der Waals surface area contributed by atoms with Crippen molar-refractivity contribution in [2.45, 2.75) is 32.7 Å². The van der Waals surface area contributed by atoms with Crippen LogP contribution < -0.4 is 15.3 Å². The van der Waals surface area contributed by atoms with E-state index in [2.05, 4.69) is 21.5 Å². The molecule has 2 aliphatic heterocycles. The zero-order valence-electron chi connectivity index (χ0n) is 23.3. The minimum absolute atomic E-state index is 0.0256. The lowest BCUT2D eigenvalue weighted by Gasteiger charge is -2.40. The number of piperazine rings is 1. The molecule has 0 aliphatic carbocycles. The predicted octanol–water partition coefficient (Wildman–Crippen LogP) is 3.85. The topological polar surface area (TPSA) is 114 Å². The van der Waals surface area contributed by atoms with Gasteiger partial charge in [-0.25, -0.2) is 23.1 Å². The molecule has 1 atom stereocenters. The van der Waals surface area contributed by atoms with Gasteiger partial charge in [0, 0.05) is 25.8 Å². The summed E-state index contributed by atoms with van der Waals surface area (Å²) in [6.07, 6.45) is 2.86. The molecule has 0 bridgehead atoms. The number of rotatable bonds is 4. The Bertz CT molecular complexity index is 1820. The number of hydrogen-bond acceptors (Lipinski definition) is 8. The van der Waals surface area contributed by atoms with Crippen LogP contribution in [0.15, 0.2) is 47.9 Å². The third-order valence-electron chi connectivity index (χ3n) is 7.78. The zero-order valence-corrected chi connectivity index (χ0v) is 23.3. The summed E-state index contributed by atoms with van der Waals surface area (Å²) in [5.74, 6) is -2.87. The van der Waals surface area contributed by atoms with Crippen molar-refractivity contribution in [3.63, 3.8) is 0 Å². The van der Waals surface area contributed by atoms with Gasteiger partial charge in [-0.3, -0.25) is 9.78 Å². The van der Waals surface area contributed by atoms with Gasteiger partial charge in [-0.15, -0.1) is 0 Å². The molecule has 42 heavy (non-hydrogen) atoms. The van der Waals surface area contributed by atoms with Gasteiger partial charge in [0.05, 0.1) is 23.0 Å². The van der Waals surface area contributed by atoms with Crippen LogP contribution in [0.2, 0.25) is 0 Å². The molecule has 1 fully saturated rings. The fourth-order valence-corrected chi connectivity index (χ4v) is 5.76. The molecule has 0 unspecified atom stereocenters. The highest BCUT2D eigenvalue weighted by Gasteiger charge is 2.38. The van der Waals surface area contributed by atoms with Crippen molar-refractivity contribution in [3.8, 4) is 28.4 Å². The van der Waals surface area contributed by atoms with Crippen molar-refractivity contribution >= 4 is 22.8 Å². The van der Waals surface area contributed by atoms with E-state index in [4.69, 9.17) is 4.74 Å². The highest BCUT2D eigenvalue weighted by atomic mass is 19.1. The lowest BCUT2D eigenvalue weighted by Crippen LogP contribution is -2.56. The number of carbonyl (C=O) groups excluding carboxylic acids is 1. The summed E-state index contributed by atoms with van der Waals surface area (Å²) in [5, 5.41) is 10.7. The van der Waals surface area contributed by atoms with Crippen molar-refractivity contribution in [3.05, 3.63) is 76.5 Å². The number of nitrogens with zero attached hydrogens (tertiary/aromatic N) is 6. The fraction of sp³-hybridized carbons (Fsp3) is 0.300. The van der Waals surface area contributed by atoms with Gasteiger partial charge in [0.2, 0.25) is 5.91 Å². The highest BCUT2D eigenvalue weighted by molar-refractivity contribution is 5.97. The Morgan fingerprint density at radius 3 is 2.71 bits per heavy atom. The molecule has 2 aliphatic rings. The summed E-state index contributed by atoms with van der Waals surface area (Å²) < 4.78 is 38.8. The molecular formula is C30H28F2N6O4. The maximum absolute atomic E-state index is 16.4. The van der Waals surface area contributed by atoms with Gasteiger partial charge < -0.3 is 19.6 Å². The van der Waals surface area contributed by atoms with E-state index in [1.165, 1.54) is 22.8 Å². The third kappa shape index (κ3) is 4.16. The van der Waals surface area contributed by atoms with E-state index in [0.29, 0.717) is 24.5 Å². The minimum Gasteiger partial charge on any atom is -0.507 e. The Hall–Kier alpha value is -4.87. The molecule has 1 aromatic carbocycles. The normalized spacial score (nSPS) is 16.3. The quantitative estimate of drug-likeness (QED) is 0.366. The van der Waals surface area contributed by atoms with Gasteiger partial charge in [-0.2, -0.15) is 4.98 Å². The van der Waals surface area contributed by atoms with Crippen molar-refractivity contribution in [1.29, 1.82) is 0 Å². The summed E-state index contributed by atoms with van der Waals surface area (Å²) in [5.41, 5.74) is -0.00881. The second-order valence-electron chi connectivity index (χ2n) is 10.6. The summed E-state index contributed by atoms with van der Waals surface area (Å²) in [6.45, 7) is 9.98. The first kappa shape index (κ1) is 27.3. The first-order valence-corrected chi connectivity index (χ1v) is 13.5. The van der Waals surface area contributed by atoms with Crippen LogP contribution in [0.4, 0.5) is 14.6 Å². The molecule has 1 saturated heterocycles. The van der Waals surface area contributed by atoms with Crippen LogP contribution in [-0.2, 0) is 4.79 Å². The average molecular weight is 575 g/mol. The fourth-order valence-electron chi connectivity index (χ4n) is 5.76. The number of pyridine rings is 2. The number of phenols is 1. The van der Waals surface area contributed by atoms with E-state index in [-0.39, 0.29) is 47.6 Å². The van der Waals surface area contributed by atoms with Crippen LogP contribution in [0.25, 0.3) is 28.0 Å². The third-order valence-corrected chi connectivity index (χ3v) is 7.78. The summed E-state index contributed by atoms with van der Waals surface area (Å²) in [4.78, 5) is 43.1. The van der Waals surface area contributed by atoms with E-state index in [1.54, 1.807) is 24.1 Å². The van der Waals surface area contributed by atoms with Gasteiger partial charge in [0.15, 0.2) is 17.2 Å². The second kappa shape index (κ2) is 10.2. The molecule has 10 nitrogen and oxygen atoms in total. The number of phenolic OH excluding ortho intramolecular Hbond substituents is 1. The molecule has 0 saturated carbocycles. The van der Waals surface area contributed by atoms with Crippen molar-refractivity contribution < 1.29 is 23.4 Å².